The predicted octanol–water partition coefficient (Wildman–Crippen LogP) is 3.18. The largest absolute Gasteiger partial charge is 0.482 e. The fourth-order valence-electron chi connectivity index (χ4n) is 1.99. The molecular formula is C15H13NO5. The Labute approximate surface area is 120 Å². The lowest BCUT2D eigenvalue weighted by Crippen LogP contribution is -2.06. The van der Waals surface area contributed by atoms with Gasteiger partial charge in [0, 0.05) is 11.1 Å². The lowest BCUT2D eigenvalue weighted by molar-refractivity contribution is -0.386. The van der Waals surface area contributed by atoms with Crippen LogP contribution in [0.3, 0.4) is 0 Å². The maximum atomic E-state index is 11.1. The normalized spacial score (nSPS) is 10.1. The van der Waals surface area contributed by atoms with Gasteiger partial charge in [0.05, 0.1) is 10.5 Å². The molecule has 0 fully saturated rings. The van der Waals surface area contributed by atoms with E-state index in [2.05, 4.69) is 0 Å². The van der Waals surface area contributed by atoms with Crippen LogP contribution in [0.5, 0.6) is 5.75 Å². The van der Waals surface area contributed by atoms with Gasteiger partial charge in [0.15, 0.2) is 5.75 Å². The van der Waals surface area contributed by atoms with Gasteiger partial charge in [0.2, 0.25) is 0 Å². The van der Waals surface area contributed by atoms with E-state index in [-0.39, 0.29) is 23.6 Å². The summed E-state index contributed by atoms with van der Waals surface area (Å²) >= 11 is 0. The first-order valence-electron chi connectivity index (χ1n) is 6.18. The summed E-state index contributed by atoms with van der Waals surface area (Å²) in [5.41, 5.74) is 0.961. The molecule has 0 radical (unpaired) electrons. The highest BCUT2D eigenvalue weighted by Gasteiger charge is 2.19. The molecule has 1 N–H and O–H groups in total. The Morgan fingerprint density at radius 1 is 1.24 bits per heavy atom. The number of nitro groups is 1. The van der Waals surface area contributed by atoms with Gasteiger partial charge in [-0.3, -0.25) is 10.1 Å². The molecule has 2 rings (SSSR count). The molecule has 6 heteroatoms. The maximum absolute atomic E-state index is 11.1. The Morgan fingerprint density at radius 3 is 2.62 bits per heavy atom. The van der Waals surface area contributed by atoms with E-state index in [0.29, 0.717) is 11.1 Å². The fourth-order valence-corrected chi connectivity index (χ4v) is 1.99. The average molecular weight is 287 g/mol. The smallest absolute Gasteiger partial charge is 0.336 e. The topological polar surface area (TPSA) is 89.7 Å². The van der Waals surface area contributed by atoms with E-state index in [9.17, 15) is 14.9 Å². The summed E-state index contributed by atoms with van der Waals surface area (Å²) < 4.78 is 5.45. The minimum absolute atomic E-state index is 0.0488. The number of nitro benzene ring substituents is 1. The Hall–Kier alpha value is -2.89. The van der Waals surface area contributed by atoms with Crippen LogP contribution >= 0.6 is 0 Å². The molecule has 0 bridgehead atoms. The van der Waals surface area contributed by atoms with E-state index >= 15 is 0 Å². The van der Waals surface area contributed by atoms with Gasteiger partial charge in [0.25, 0.3) is 0 Å². The van der Waals surface area contributed by atoms with Crippen molar-refractivity contribution >= 4 is 11.7 Å². The number of nitrogens with zero attached hydrogens (tertiary/aromatic N) is 1. The van der Waals surface area contributed by atoms with Crippen molar-refractivity contribution in [2.75, 3.05) is 0 Å². The van der Waals surface area contributed by atoms with Gasteiger partial charge in [-0.2, -0.15) is 0 Å². The SMILES string of the molecule is Cc1cccc(OCc2ccccc2C(=O)O)c1[N+](=O)[O-]. The summed E-state index contributed by atoms with van der Waals surface area (Å²) in [6.45, 7) is 1.57. The van der Waals surface area contributed by atoms with E-state index in [1.54, 1.807) is 37.3 Å². The highest BCUT2D eigenvalue weighted by atomic mass is 16.6. The molecule has 0 atom stereocenters. The van der Waals surface area contributed by atoms with Gasteiger partial charge in [0.1, 0.15) is 6.61 Å². The van der Waals surface area contributed by atoms with Crippen molar-refractivity contribution in [2.24, 2.45) is 0 Å². The summed E-state index contributed by atoms with van der Waals surface area (Å²) in [5, 5.41) is 20.1. The monoisotopic (exact) mass is 287 g/mol. The van der Waals surface area contributed by atoms with Crippen LogP contribution in [0.2, 0.25) is 0 Å². The molecule has 0 heterocycles. The second kappa shape index (κ2) is 6.04. The predicted molar refractivity (Wildman–Crippen MR) is 75.6 cm³/mol. The fraction of sp³-hybridized carbons (Fsp3) is 0.133. The third kappa shape index (κ3) is 3.17. The van der Waals surface area contributed by atoms with Crippen molar-refractivity contribution in [3.8, 4) is 5.75 Å². The highest BCUT2D eigenvalue weighted by molar-refractivity contribution is 5.89. The number of rotatable bonds is 5. The van der Waals surface area contributed by atoms with E-state index in [1.807, 2.05) is 0 Å². The number of hydrogen-bond donors (Lipinski definition) is 1. The van der Waals surface area contributed by atoms with Crippen molar-refractivity contribution in [3.63, 3.8) is 0 Å². The van der Waals surface area contributed by atoms with Gasteiger partial charge in [-0.05, 0) is 19.1 Å². The summed E-state index contributed by atoms with van der Waals surface area (Å²) in [4.78, 5) is 21.7. The molecule has 0 aromatic heterocycles. The van der Waals surface area contributed by atoms with Crippen LogP contribution in [0.4, 0.5) is 5.69 Å². The molecule has 0 spiro atoms. The molecule has 2 aromatic carbocycles. The first kappa shape index (κ1) is 14.5. The Balaban J connectivity index is 2.28. The molecule has 0 saturated heterocycles. The molecule has 108 valence electrons. The van der Waals surface area contributed by atoms with Crippen LogP contribution in [0, 0.1) is 17.0 Å². The summed E-state index contributed by atoms with van der Waals surface area (Å²) in [5.74, 6) is -0.937. The highest BCUT2D eigenvalue weighted by Crippen LogP contribution is 2.30. The molecule has 0 aliphatic rings. The molecule has 2 aromatic rings. The third-order valence-electron chi connectivity index (χ3n) is 3.01. The van der Waals surface area contributed by atoms with Crippen LogP contribution in [0.15, 0.2) is 42.5 Å². The Bertz CT molecular complexity index is 696. The number of carboxylic acid groups (broad SMARTS) is 1. The van der Waals surface area contributed by atoms with Crippen LogP contribution < -0.4 is 4.74 Å². The first-order valence-corrected chi connectivity index (χ1v) is 6.18. The van der Waals surface area contributed by atoms with Gasteiger partial charge >= 0.3 is 11.7 Å². The molecule has 21 heavy (non-hydrogen) atoms. The van der Waals surface area contributed by atoms with Crippen molar-refractivity contribution in [1.82, 2.24) is 0 Å². The van der Waals surface area contributed by atoms with Crippen molar-refractivity contribution in [1.29, 1.82) is 0 Å². The van der Waals surface area contributed by atoms with Crippen LogP contribution in [0.1, 0.15) is 21.5 Å². The lowest BCUT2D eigenvalue weighted by atomic mass is 10.1. The second-order valence-electron chi connectivity index (χ2n) is 4.43. The zero-order valence-electron chi connectivity index (χ0n) is 11.3. The standard InChI is InChI=1S/C15H13NO5/c1-10-5-4-8-13(14(10)16(19)20)21-9-11-6-2-3-7-12(11)15(17)18/h2-8H,9H2,1H3,(H,17,18). The van der Waals surface area contributed by atoms with Gasteiger partial charge in [-0.15, -0.1) is 0 Å². The molecular weight excluding hydrogens is 274 g/mol. The molecule has 6 nitrogen and oxygen atoms in total. The zero-order chi connectivity index (χ0) is 15.4. The van der Waals surface area contributed by atoms with Gasteiger partial charge in [-0.1, -0.05) is 30.3 Å². The van der Waals surface area contributed by atoms with E-state index in [1.165, 1.54) is 12.1 Å². The maximum Gasteiger partial charge on any atom is 0.336 e. The van der Waals surface area contributed by atoms with Crippen LogP contribution in [-0.4, -0.2) is 16.0 Å². The summed E-state index contributed by atoms with van der Waals surface area (Å²) in [6.07, 6.45) is 0. The number of para-hydroxylation sites is 1. The molecule has 0 aliphatic heterocycles. The number of carboxylic acids is 1. The summed E-state index contributed by atoms with van der Waals surface area (Å²) in [6, 6.07) is 11.2. The number of aryl methyl sites for hydroxylation is 1. The van der Waals surface area contributed by atoms with Crippen LogP contribution in [0.25, 0.3) is 0 Å². The second-order valence-corrected chi connectivity index (χ2v) is 4.43. The van der Waals surface area contributed by atoms with Crippen molar-refractivity contribution in [2.45, 2.75) is 13.5 Å². The number of benzene rings is 2. The first-order chi connectivity index (χ1) is 10.0. The molecule has 0 unspecified atom stereocenters. The minimum Gasteiger partial charge on any atom is -0.482 e. The molecule has 0 aliphatic carbocycles. The number of carbonyl (C=O) groups is 1. The average Bonchev–Trinajstić information content (AvgIpc) is 2.44. The van der Waals surface area contributed by atoms with Gasteiger partial charge in [-0.25, -0.2) is 4.79 Å². The number of aromatic carboxylic acids is 1. The lowest BCUT2D eigenvalue weighted by Gasteiger charge is -2.10. The van der Waals surface area contributed by atoms with Crippen LogP contribution in [-0.2, 0) is 6.61 Å². The third-order valence-corrected chi connectivity index (χ3v) is 3.01. The minimum atomic E-state index is -1.06. The Kier molecular flexibility index (Phi) is 4.18. The molecule has 0 saturated carbocycles. The van der Waals surface area contributed by atoms with Crippen molar-refractivity contribution < 1.29 is 19.6 Å². The number of hydrogen-bond acceptors (Lipinski definition) is 4. The van der Waals surface area contributed by atoms with Gasteiger partial charge < -0.3 is 9.84 Å². The van der Waals surface area contributed by atoms with E-state index in [4.69, 9.17) is 9.84 Å². The zero-order valence-corrected chi connectivity index (χ0v) is 11.3. The van der Waals surface area contributed by atoms with E-state index < -0.39 is 10.9 Å². The quantitative estimate of drug-likeness (QED) is 0.673. The Morgan fingerprint density at radius 2 is 1.95 bits per heavy atom. The van der Waals surface area contributed by atoms with E-state index in [0.717, 1.165) is 0 Å². The summed E-state index contributed by atoms with van der Waals surface area (Å²) in [7, 11) is 0. The number of ether oxygens (including phenoxy) is 1. The van der Waals surface area contributed by atoms with Crippen molar-refractivity contribution in [3.05, 3.63) is 69.3 Å². The molecule has 0 amide bonds.